The van der Waals surface area contributed by atoms with Gasteiger partial charge in [-0.1, -0.05) is 35.9 Å². The fourth-order valence-corrected chi connectivity index (χ4v) is 3.30. The molecule has 2 N–H and O–H groups in total. The Kier molecular flexibility index (Phi) is 5.46. The van der Waals surface area contributed by atoms with Crippen molar-refractivity contribution in [2.24, 2.45) is 0 Å². The molecule has 0 saturated carbocycles. The van der Waals surface area contributed by atoms with Crippen molar-refractivity contribution in [3.05, 3.63) is 77.3 Å². The van der Waals surface area contributed by atoms with Gasteiger partial charge in [-0.2, -0.15) is 0 Å². The van der Waals surface area contributed by atoms with Crippen LogP contribution in [0.5, 0.6) is 5.75 Å². The number of hydrogen-bond donors (Lipinski definition) is 2. The summed E-state index contributed by atoms with van der Waals surface area (Å²) in [6, 6.07) is 17.4. The fourth-order valence-electron chi connectivity index (χ4n) is 2.60. The second-order valence-corrected chi connectivity index (χ2v) is 6.81. The fraction of sp³-hybridized carbons (Fsp3) is 0. The Morgan fingerprint density at radius 2 is 1.63 bits per heavy atom. The van der Waals surface area contributed by atoms with E-state index in [9.17, 15) is 18.7 Å². The minimum absolute atomic E-state index is 0.110. The SMILES string of the molecule is O=C(O)c1ccc(N(c2cccc(-c3ccc(Cl)cc3)c2)S(=O)[O-])cc1O. The number of aromatic hydroxyl groups is 1. The summed E-state index contributed by atoms with van der Waals surface area (Å²) >= 11 is 3.20. The lowest BCUT2D eigenvalue weighted by Gasteiger charge is -2.27. The van der Waals surface area contributed by atoms with Crippen LogP contribution in [0.25, 0.3) is 11.1 Å². The highest BCUT2D eigenvalue weighted by atomic mass is 35.5. The van der Waals surface area contributed by atoms with Crippen LogP contribution in [-0.2, 0) is 11.3 Å². The first kappa shape index (κ1) is 18.9. The Morgan fingerprint density at radius 3 is 2.22 bits per heavy atom. The van der Waals surface area contributed by atoms with Gasteiger partial charge in [0.05, 0.1) is 22.6 Å². The minimum Gasteiger partial charge on any atom is -0.755 e. The molecule has 0 heterocycles. The Morgan fingerprint density at radius 1 is 0.963 bits per heavy atom. The van der Waals surface area contributed by atoms with Crippen molar-refractivity contribution in [2.75, 3.05) is 4.31 Å². The lowest BCUT2D eigenvalue weighted by atomic mass is 10.1. The van der Waals surface area contributed by atoms with Gasteiger partial charge in [0.1, 0.15) is 11.3 Å². The average Bonchev–Trinajstić information content (AvgIpc) is 2.62. The summed E-state index contributed by atoms with van der Waals surface area (Å²) in [5.41, 5.74) is 1.75. The van der Waals surface area contributed by atoms with Gasteiger partial charge in [-0.15, -0.1) is 0 Å². The van der Waals surface area contributed by atoms with Gasteiger partial charge < -0.3 is 14.8 Å². The molecule has 3 aromatic rings. The van der Waals surface area contributed by atoms with Crippen LogP contribution < -0.4 is 4.31 Å². The lowest BCUT2D eigenvalue weighted by molar-refractivity contribution is 0.0694. The van der Waals surface area contributed by atoms with E-state index in [-0.39, 0.29) is 11.3 Å². The van der Waals surface area contributed by atoms with Crippen LogP contribution in [-0.4, -0.2) is 24.9 Å². The number of nitrogens with zero attached hydrogens (tertiary/aromatic N) is 1. The molecule has 3 rings (SSSR count). The molecule has 1 unspecified atom stereocenters. The van der Waals surface area contributed by atoms with Gasteiger partial charge in [-0.05, 0) is 47.5 Å². The molecule has 0 aliphatic rings. The molecule has 0 fully saturated rings. The first-order valence-electron chi connectivity index (χ1n) is 7.68. The summed E-state index contributed by atoms with van der Waals surface area (Å²) in [6.45, 7) is 0. The molecule has 6 nitrogen and oxygen atoms in total. The largest absolute Gasteiger partial charge is 0.755 e. The maximum absolute atomic E-state index is 11.8. The number of aromatic carboxylic acids is 1. The molecular formula is C19H13ClNO5S-. The van der Waals surface area contributed by atoms with E-state index in [4.69, 9.17) is 16.7 Å². The molecule has 0 aliphatic heterocycles. The molecule has 8 heteroatoms. The third-order valence-corrected chi connectivity index (χ3v) is 4.83. The molecule has 0 aliphatic carbocycles. The first-order valence-corrected chi connectivity index (χ1v) is 9.09. The van der Waals surface area contributed by atoms with Crippen molar-refractivity contribution in [3.8, 4) is 16.9 Å². The van der Waals surface area contributed by atoms with Crippen LogP contribution in [0.15, 0.2) is 66.7 Å². The van der Waals surface area contributed by atoms with E-state index in [1.807, 2.05) is 18.2 Å². The van der Waals surface area contributed by atoms with Crippen molar-refractivity contribution in [1.29, 1.82) is 0 Å². The first-order chi connectivity index (χ1) is 12.9. The maximum atomic E-state index is 11.8. The zero-order chi connectivity index (χ0) is 19.6. The number of carbonyl (C=O) groups is 1. The van der Waals surface area contributed by atoms with Gasteiger partial charge in [-0.3, -0.25) is 8.51 Å². The van der Waals surface area contributed by atoms with Crippen molar-refractivity contribution in [3.63, 3.8) is 0 Å². The second kappa shape index (κ2) is 7.79. The van der Waals surface area contributed by atoms with E-state index in [0.717, 1.165) is 27.6 Å². The number of carboxylic acid groups (broad SMARTS) is 1. The predicted octanol–water partition coefficient (Wildman–Crippen LogP) is 4.34. The van der Waals surface area contributed by atoms with Crippen LogP contribution in [0.4, 0.5) is 11.4 Å². The topological polar surface area (TPSA) is 101 Å². The molecule has 27 heavy (non-hydrogen) atoms. The highest BCUT2D eigenvalue weighted by Crippen LogP contribution is 2.33. The molecule has 138 valence electrons. The Labute approximate surface area is 162 Å². The summed E-state index contributed by atoms with van der Waals surface area (Å²) in [5, 5.41) is 19.5. The van der Waals surface area contributed by atoms with E-state index in [2.05, 4.69) is 0 Å². The van der Waals surface area contributed by atoms with Gasteiger partial charge in [0.15, 0.2) is 0 Å². The van der Waals surface area contributed by atoms with Gasteiger partial charge >= 0.3 is 5.97 Å². The highest BCUT2D eigenvalue weighted by Gasteiger charge is 2.16. The molecule has 0 aromatic heterocycles. The Bertz CT molecular complexity index is 1020. The minimum atomic E-state index is -2.70. The summed E-state index contributed by atoms with van der Waals surface area (Å²) in [5.74, 6) is -1.83. The van der Waals surface area contributed by atoms with Crippen molar-refractivity contribution in [2.45, 2.75) is 0 Å². The molecule has 0 radical (unpaired) electrons. The summed E-state index contributed by atoms with van der Waals surface area (Å²) in [6.07, 6.45) is 0. The normalized spacial score (nSPS) is 11.8. The van der Waals surface area contributed by atoms with Crippen molar-refractivity contribution in [1.82, 2.24) is 0 Å². The number of phenols is 1. The van der Waals surface area contributed by atoms with E-state index in [1.54, 1.807) is 30.3 Å². The predicted molar refractivity (Wildman–Crippen MR) is 103 cm³/mol. The van der Waals surface area contributed by atoms with Crippen LogP contribution in [0.1, 0.15) is 10.4 Å². The van der Waals surface area contributed by atoms with Crippen LogP contribution in [0, 0.1) is 0 Å². The maximum Gasteiger partial charge on any atom is 0.339 e. The molecule has 0 saturated heterocycles. The molecule has 0 bridgehead atoms. The molecule has 0 spiro atoms. The number of rotatable bonds is 5. The quantitative estimate of drug-likeness (QED) is 0.618. The molecule has 1 atom stereocenters. The van der Waals surface area contributed by atoms with E-state index in [0.29, 0.717) is 10.7 Å². The highest BCUT2D eigenvalue weighted by molar-refractivity contribution is 7.81. The van der Waals surface area contributed by atoms with Gasteiger partial charge in [0.2, 0.25) is 0 Å². The monoisotopic (exact) mass is 402 g/mol. The standard InChI is InChI=1S/C19H14ClNO5S/c20-14-6-4-12(5-7-14)13-2-1-3-15(10-13)21(27(25)26)16-8-9-17(19(23)24)18(22)11-16/h1-11,22H,(H,23,24)(H,25,26)/p-1. The Balaban J connectivity index is 2.05. The zero-order valence-electron chi connectivity index (χ0n) is 13.7. The van der Waals surface area contributed by atoms with E-state index in [1.165, 1.54) is 6.07 Å². The summed E-state index contributed by atoms with van der Waals surface area (Å²) < 4.78 is 24.6. The zero-order valence-corrected chi connectivity index (χ0v) is 15.3. The van der Waals surface area contributed by atoms with E-state index >= 15 is 0 Å². The number of benzene rings is 3. The van der Waals surface area contributed by atoms with Gasteiger partial charge in [0.25, 0.3) is 0 Å². The molecule has 0 amide bonds. The van der Waals surface area contributed by atoms with Crippen LogP contribution in [0.3, 0.4) is 0 Å². The Hall–Kier alpha value is -2.87. The number of halogens is 1. The number of hydrogen-bond acceptors (Lipinski definition) is 4. The lowest BCUT2D eigenvalue weighted by Crippen LogP contribution is -2.19. The molecular weight excluding hydrogens is 390 g/mol. The number of anilines is 2. The van der Waals surface area contributed by atoms with E-state index < -0.39 is 23.0 Å². The van der Waals surface area contributed by atoms with Gasteiger partial charge in [0, 0.05) is 11.1 Å². The van der Waals surface area contributed by atoms with Gasteiger partial charge in [-0.25, -0.2) is 4.79 Å². The smallest absolute Gasteiger partial charge is 0.339 e. The van der Waals surface area contributed by atoms with Crippen molar-refractivity contribution < 1.29 is 23.8 Å². The average molecular weight is 403 g/mol. The summed E-state index contributed by atoms with van der Waals surface area (Å²) in [4.78, 5) is 11.0. The van der Waals surface area contributed by atoms with Crippen LogP contribution in [0.2, 0.25) is 5.02 Å². The van der Waals surface area contributed by atoms with Crippen molar-refractivity contribution >= 4 is 40.2 Å². The summed E-state index contributed by atoms with van der Waals surface area (Å²) in [7, 11) is 0. The number of carboxylic acids is 1. The third-order valence-electron chi connectivity index (χ3n) is 3.85. The second-order valence-electron chi connectivity index (χ2n) is 5.58. The van der Waals surface area contributed by atoms with Crippen LogP contribution >= 0.6 is 11.6 Å². The molecule has 3 aromatic carbocycles. The third kappa shape index (κ3) is 4.11.